The first-order chi connectivity index (χ1) is 4.75. The fourth-order valence-corrected chi connectivity index (χ4v) is 0.824. The highest BCUT2D eigenvalue weighted by Gasteiger charge is 1.95. The van der Waals surface area contributed by atoms with Gasteiger partial charge in [-0.25, -0.2) is 4.99 Å². The van der Waals surface area contributed by atoms with Crippen LogP contribution in [0.15, 0.2) is 29.9 Å². The van der Waals surface area contributed by atoms with Crippen LogP contribution in [0.1, 0.15) is 6.92 Å². The smallest absolute Gasteiger partial charge is 0.136 e. The highest BCUT2D eigenvalue weighted by atomic mass is 15.1. The van der Waals surface area contributed by atoms with Crippen LogP contribution in [0.5, 0.6) is 0 Å². The minimum atomic E-state index is 0.840. The van der Waals surface area contributed by atoms with E-state index in [4.69, 9.17) is 0 Å². The summed E-state index contributed by atoms with van der Waals surface area (Å²) in [6.45, 7) is 9.14. The number of aliphatic imine (C=N–C) groups is 1. The molecule has 0 bridgehead atoms. The van der Waals surface area contributed by atoms with Gasteiger partial charge in [0, 0.05) is 11.9 Å². The number of allylic oxidation sites excluding steroid dienone is 1. The predicted octanol–water partition coefficient (Wildman–Crippen LogP) is 2.31. The van der Waals surface area contributed by atoms with Crippen LogP contribution in [0.2, 0.25) is 0 Å². The molecule has 0 aromatic carbocycles. The molecule has 0 radical (unpaired) electrons. The lowest BCUT2D eigenvalue weighted by atomic mass is 10.5. The summed E-state index contributed by atoms with van der Waals surface area (Å²) < 4.78 is 1.88. The Morgan fingerprint density at radius 3 is 2.80 bits per heavy atom. The molecule has 0 amide bonds. The third kappa shape index (κ3) is 1.00. The van der Waals surface area contributed by atoms with E-state index in [0.717, 1.165) is 11.5 Å². The van der Waals surface area contributed by atoms with Gasteiger partial charge in [-0.1, -0.05) is 6.58 Å². The van der Waals surface area contributed by atoms with E-state index in [1.165, 1.54) is 0 Å². The van der Waals surface area contributed by atoms with Crippen molar-refractivity contribution in [3.05, 3.63) is 24.9 Å². The van der Waals surface area contributed by atoms with Gasteiger partial charge < -0.3 is 4.57 Å². The summed E-state index contributed by atoms with van der Waals surface area (Å²) in [5.74, 6) is 0.840. The van der Waals surface area contributed by atoms with Crippen LogP contribution < -0.4 is 0 Å². The first kappa shape index (κ1) is 6.81. The van der Waals surface area contributed by atoms with Crippen molar-refractivity contribution in [3.8, 4) is 0 Å². The molecule has 1 aromatic rings. The van der Waals surface area contributed by atoms with Gasteiger partial charge in [-0.3, -0.25) is 0 Å². The Balaban J connectivity index is 3.13. The number of hydrogen-bond donors (Lipinski definition) is 0. The number of rotatable bonds is 2. The Morgan fingerprint density at radius 1 is 1.70 bits per heavy atom. The normalized spacial score (nSPS) is 9.30. The maximum absolute atomic E-state index is 3.80. The average Bonchev–Trinajstić information content (AvgIpc) is 2.33. The molecule has 2 heteroatoms. The van der Waals surface area contributed by atoms with Crippen LogP contribution in [0.25, 0.3) is 5.70 Å². The van der Waals surface area contributed by atoms with Crippen LogP contribution in [0.4, 0.5) is 5.82 Å². The molecule has 0 aliphatic rings. The quantitative estimate of drug-likeness (QED) is 0.552. The zero-order valence-electron chi connectivity index (χ0n) is 6.04. The SMILES string of the molecule is C=Nc1cccn1C(=C)C. The average molecular weight is 134 g/mol. The van der Waals surface area contributed by atoms with E-state index in [9.17, 15) is 0 Å². The van der Waals surface area contributed by atoms with Gasteiger partial charge in [-0.15, -0.1) is 0 Å². The number of hydrogen-bond acceptors (Lipinski definition) is 1. The molecule has 1 aromatic heterocycles. The summed E-state index contributed by atoms with van der Waals surface area (Å²) in [6.07, 6.45) is 1.91. The Hall–Kier alpha value is -1.31. The Labute approximate surface area is 60.5 Å². The summed E-state index contributed by atoms with van der Waals surface area (Å²) in [6, 6.07) is 3.81. The van der Waals surface area contributed by atoms with Gasteiger partial charge in [-0.2, -0.15) is 0 Å². The Bertz CT molecular complexity index is 258. The first-order valence-corrected chi connectivity index (χ1v) is 3.05. The zero-order valence-corrected chi connectivity index (χ0v) is 6.04. The molecule has 0 unspecified atom stereocenters. The minimum Gasteiger partial charge on any atom is -0.307 e. The van der Waals surface area contributed by atoms with E-state index in [-0.39, 0.29) is 0 Å². The van der Waals surface area contributed by atoms with Gasteiger partial charge in [0.2, 0.25) is 0 Å². The first-order valence-electron chi connectivity index (χ1n) is 3.05. The van der Waals surface area contributed by atoms with Crippen molar-refractivity contribution < 1.29 is 0 Å². The zero-order chi connectivity index (χ0) is 7.56. The Morgan fingerprint density at radius 2 is 2.40 bits per heavy atom. The molecule has 0 saturated carbocycles. The molecule has 1 heterocycles. The molecule has 0 saturated heterocycles. The standard InChI is InChI=1S/C8H10N2/c1-7(2)10-6-4-5-8(10)9-3/h4-6H,1,3H2,2H3. The number of nitrogens with zero attached hydrogens (tertiary/aromatic N) is 2. The van der Waals surface area contributed by atoms with Crippen molar-refractivity contribution in [2.24, 2.45) is 4.99 Å². The second-order valence-electron chi connectivity index (χ2n) is 2.13. The van der Waals surface area contributed by atoms with Gasteiger partial charge in [0.05, 0.1) is 0 Å². The summed E-state index contributed by atoms with van der Waals surface area (Å²) in [5.41, 5.74) is 0.951. The summed E-state index contributed by atoms with van der Waals surface area (Å²) >= 11 is 0. The maximum Gasteiger partial charge on any atom is 0.136 e. The van der Waals surface area contributed by atoms with Gasteiger partial charge in [-0.05, 0) is 25.8 Å². The fourth-order valence-electron chi connectivity index (χ4n) is 0.824. The lowest BCUT2D eigenvalue weighted by Crippen LogP contribution is -1.86. The maximum atomic E-state index is 3.80. The van der Waals surface area contributed by atoms with Crippen LogP contribution >= 0.6 is 0 Å². The summed E-state index contributed by atoms with van der Waals surface area (Å²) in [4.78, 5) is 3.80. The third-order valence-electron chi connectivity index (χ3n) is 1.30. The Kier molecular flexibility index (Phi) is 1.71. The molecule has 0 spiro atoms. The largest absolute Gasteiger partial charge is 0.307 e. The second kappa shape index (κ2) is 2.52. The van der Waals surface area contributed by atoms with E-state index in [1.807, 2.05) is 29.8 Å². The minimum absolute atomic E-state index is 0.840. The van der Waals surface area contributed by atoms with Crippen LogP contribution in [-0.4, -0.2) is 11.3 Å². The topological polar surface area (TPSA) is 17.3 Å². The lowest BCUT2D eigenvalue weighted by molar-refractivity contribution is 1.09. The van der Waals surface area contributed by atoms with Crippen molar-refractivity contribution in [1.29, 1.82) is 0 Å². The summed E-state index contributed by atoms with van der Waals surface area (Å²) in [5, 5.41) is 0. The van der Waals surface area contributed by atoms with Crippen molar-refractivity contribution in [1.82, 2.24) is 4.57 Å². The lowest BCUT2D eigenvalue weighted by Gasteiger charge is -2.01. The van der Waals surface area contributed by atoms with Crippen molar-refractivity contribution in [2.45, 2.75) is 6.92 Å². The van der Waals surface area contributed by atoms with E-state index >= 15 is 0 Å². The molecule has 0 aliphatic carbocycles. The fraction of sp³-hybridized carbons (Fsp3) is 0.125. The molecule has 1 rings (SSSR count). The van der Waals surface area contributed by atoms with Crippen molar-refractivity contribution in [3.63, 3.8) is 0 Å². The highest BCUT2D eigenvalue weighted by Crippen LogP contribution is 2.15. The molecule has 0 fully saturated rings. The summed E-state index contributed by atoms with van der Waals surface area (Å²) in [7, 11) is 0. The van der Waals surface area contributed by atoms with E-state index in [2.05, 4.69) is 18.3 Å². The van der Waals surface area contributed by atoms with Gasteiger partial charge >= 0.3 is 0 Å². The van der Waals surface area contributed by atoms with E-state index < -0.39 is 0 Å². The molecular formula is C8H10N2. The van der Waals surface area contributed by atoms with Crippen LogP contribution in [0, 0.1) is 0 Å². The molecule has 0 atom stereocenters. The van der Waals surface area contributed by atoms with Crippen molar-refractivity contribution in [2.75, 3.05) is 0 Å². The molecule has 0 N–H and O–H groups in total. The third-order valence-corrected chi connectivity index (χ3v) is 1.30. The number of aromatic nitrogens is 1. The molecule has 2 nitrogen and oxygen atoms in total. The van der Waals surface area contributed by atoms with Crippen LogP contribution in [-0.2, 0) is 0 Å². The monoisotopic (exact) mass is 134 g/mol. The highest BCUT2D eigenvalue weighted by molar-refractivity contribution is 5.51. The molecule has 52 valence electrons. The molecule has 10 heavy (non-hydrogen) atoms. The molecule has 0 aliphatic heterocycles. The van der Waals surface area contributed by atoms with Crippen molar-refractivity contribution >= 4 is 18.2 Å². The van der Waals surface area contributed by atoms with E-state index in [1.54, 1.807) is 0 Å². The van der Waals surface area contributed by atoms with Gasteiger partial charge in [0.15, 0.2) is 0 Å². The predicted molar refractivity (Wildman–Crippen MR) is 44.6 cm³/mol. The second-order valence-corrected chi connectivity index (χ2v) is 2.13. The van der Waals surface area contributed by atoms with Gasteiger partial charge in [0.25, 0.3) is 0 Å². The molecular weight excluding hydrogens is 124 g/mol. The van der Waals surface area contributed by atoms with E-state index in [0.29, 0.717) is 0 Å². The van der Waals surface area contributed by atoms with Gasteiger partial charge in [0.1, 0.15) is 5.82 Å². The van der Waals surface area contributed by atoms with Crippen LogP contribution in [0.3, 0.4) is 0 Å².